The van der Waals surface area contributed by atoms with Gasteiger partial charge in [-0.3, -0.25) is 9.59 Å². The first-order valence-electron chi connectivity index (χ1n) is 9.10. The lowest BCUT2D eigenvalue weighted by atomic mass is 9.69. The first-order valence-corrected chi connectivity index (χ1v) is 9.10. The van der Waals surface area contributed by atoms with Crippen LogP contribution >= 0.6 is 0 Å². The number of carbonyl (C=O) groups is 2. The van der Waals surface area contributed by atoms with Crippen LogP contribution in [0.5, 0.6) is 0 Å². The summed E-state index contributed by atoms with van der Waals surface area (Å²) in [5.74, 6) is -0.0350. The highest BCUT2D eigenvalue weighted by atomic mass is 16.2. The van der Waals surface area contributed by atoms with Gasteiger partial charge in [0.2, 0.25) is 11.8 Å². The van der Waals surface area contributed by atoms with Crippen LogP contribution in [-0.4, -0.2) is 24.9 Å². The Balaban J connectivity index is 5.33. The minimum absolute atomic E-state index is 0.0106. The van der Waals surface area contributed by atoms with E-state index < -0.39 is 0 Å². The zero-order valence-electron chi connectivity index (χ0n) is 16.3. The maximum Gasteiger partial charge on any atom is 0.216 e. The second kappa shape index (κ2) is 11.7. The lowest BCUT2D eigenvalue weighted by Crippen LogP contribution is -2.40. The number of hydrogen-bond acceptors (Lipinski definition) is 2. The maximum absolute atomic E-state index is 11.4. The average molecular weight is 349 g/mol. The van der Waals surface area contributed by atoms with Gasteiger partial charge in [0.25, 0.3) is 0 Å². The van der Waals surface area contributed by atoms with Gasteiger partial charge in [-0.15, -0.1) is 19.7 Å². The molecule has 0 heterocycles. The Bertz CT molecular complexity index is 461. The van der Waals surface area contributed by atoms with Crippen LogP contribution in [0.15, 0.2) is 38.0 Å². The molecule has 0 spiro atoms. The smallest absolute Gasteiger partial charge is 0.216 e. The van der Waals surface area contributed by atoms with Crippen molar-refractivity contribution in [1.29, 1.82) is 0 Å². The predicted molar refractivity (Wildman–Crippen MR) is 106 cm³/mol. The molecule has 0 bridgehead atoms. The second-order valence-corrected chi connectivity index (χ2v) is 7.15. The lowest BCUT2D eigenvalue weighted by molar-refractivity contribution is -0.120. The van der Waals surface area contributed by atoms with Crippen molar-refractivity contribution in [2.75, 3.05) is 13.1 Å². The number of carbonyl (C=O) groups excluding carboxylic acids is 2. The summed E-state index contributed by atoms with van der Waals surface area (Å²) in [6.45, 7) is 18.2. The first kappa shape index (κ1) is 23.2. The molecule has 2 N–H and O–H groups in total. The normalized spacial score (nSPS) is 13.4. The van der Waals surface area contributed by atoms with Crippen LogP contribution in [0, 0.1) is 10.8 Å². The Morgan fingerprint density at radius 3 is 1.52 bits per heavy atom. The molecule has 142 valence electrons. The molecule has 0 aliphatic rings. The third-order valence-electron chi connectivity index (χ3n) is 5.09. The van der Waals surface area contributed by atoms with Crippen LogP contribution in [0.3, 0.4) is 0 Å². The molecular weight excluding hydrogens is 312 g/mol. The van der Waals surface area contributed by atoms with Crippen molar-refractivity contribution in [3.05, 3.63) is 38.0 Å². The van der Waals surface area contributed by atoms with Crippen molar-refractivity contribution in [3.63, 3.8) is 0 Å². The van der Waals surface area contributed by atoms with Crippen molar-refractivity contribution in [2.45, 2.75) is 59.3 Å². The van der Waals surface area contributed by atoms with Crippen LogP contribution in [0.4, 0.5) is 0 Å². The Morgan fingerprint density at radius 1 is 0.800 bits per heavy atom. The highest BCUT2D eigenvalue weighted by molar-refractivity contribution is 5.73. The quantitative estimate of drug-likeness (QED) is 0.463. The Kier molecular flexibility index (Phi) is 10.8. The summed E-state index contributed by atoms with van der Waals surface area (Å²) in [5.41, 5.74) is -0.107. The summed E-state index contributed by atoms with van der Waals surface area (Å²) < 4.78 is 0. The van der Waals surface area contributed by atoms with E-state index in [1.54, 1.807) is 6.92 Å². The highest BCUT2D eigenvalue weighted by Crippen LogP contribution is 2.40. The van der Waals surface area contributed by atoms with E-state index in [-0.39, 0.29) is 22.6 Å². The maximum atomic E-state index is 11.4. The summed E-state index contributed by atoms with van der Waals surface area (Å²) in [6.07, 6.45) is 11.1. The van der Waals surface area contributed by atoms with E-state index in [4.69, 9.17) is 0 Å². The van der Waals surface area contributed by atoms with Gasteiger partial charge in [0.1, 0.15) is 0 Å². The van der Waals surface area contributed by atoms with Gasteiger partial charge < -0.3 is 10.6 Å². The molecule has 0 saturated heterocycles. The topological polar surface area (TPSA) is 58.2 Å². The first-order chi connectivity index (χ1) is 11.8. The van der Waals surface area contributed by atoms with Gasteiger partial charge in [0.15, 0.2) is 0 Å². The van der Waals surface area contributed by atoms with E-state index in [1.165, 1.54) is 6.92 Å². The van der Waals surface area contributed by atoms with Gasteiger partial charge >= 0.3 is 0 Å². The molecule has 0 aromatic carbocycles. The van der Waals surface area contributed by atoms with Gasteiger partial charge in [-0.1, -0.05) is 25.2 Å². The van der Waals surface area contributed by atoms with E-state index in [9.17, 15) is 9.59 Å². The van der Waals surface area contributed by atoms with E-state index in [0.29, 0.717) is 13.1 Å². The molecule has 1 unspecified atom stereocenters. The molecule has 0 aromatic rings. The number of amides is 2. The van der Waals surface area contributed by atoms with E-state index in [0.717, 1.165) is 38.5 Å². The van der Waals surface area contributed by atoms with E-state index in [2.05, 4.69) is 37.3 Å². The SMILES string of the molecule is C=CCC(CC)(CCC(CC=C)(CC=C)CNC(C)=O)CNC(C)=O. The molecule has 1 atom stereocenters. The molecule has 25 heavy (non-hydrogen) atoms. The summed E-state index contributed by atoms with van der Waals surface area (Å²) >= 11 is 0. The van der Waals surface area contributed by atoms with Crippen molar-refractivity contribution >= 4 is 11.8 Å². The molecule has 4 nitrogen and oxygen atoms in total. The molecule has 2 amide bonds. The van der Waals surface area contributed by atoms with Crippen LogP contribution in [0.25, 0.3) is 0 Å². The molecule has 4 heteroatoms. The Hall–Kier alpha value is -1.84. The number of allylic oxidation sites excluding steroid dienone is 3. The third kappa shape index (κ3) is 8.71. The summed E-state index contributed by atoms with van der Waals surface area (Å²) in [5, 5.41) is 5.94. The van der Waals surface area contributed by atoms with Gasteiger partial charge in [-0.05, 0) is 49.4 Å². The molecule has 0 radical (unpaired) electrons. The minimum Gasteiger partial charge on any atom is -0.356 e. The van der Waals surface area contributed by atoms with E-state index in [1.807, 2.05) is 18.2 Å². The van der Waals surface area contributed by atoms with Gasteiger partial charge in [-0.2, -0.15) is 0 Å². The molecule has 0 saturated carbocycles. The van der Waals surface area contributed by atoms with Crippen molar-refractivity contribution in [1.82, 2.24) is 10.6 Å². The summed E-state index contributed by atoms with van der Waals surface area (Å²) in [7, 11) is 0. The predicted octanol–water partition coefficient (Wildman–Crippen LogP) is 4.15. The fraction of sp³-hybridized carbons (Fsp3) is 0.619. The lowest BCUT2D eigenvalue weighted by Gasteiger charge is -2.38. The van der Waals surface area contributed by atoms with Crippen molar-refractivity contribution in [3.8, 4) is 0 Å². The summed E-state index contributed by atoms with van der Waals surface area (Å²) in [4.78, 5) is 22.8. The largest absolute Gasteiger partial charge is 0.356 e. The van der Waals surface area contributed by atoms with Crippen LogP contribution < -0.4 is 10.6 Å². The van der Waals surface area contributed by atoms with Gasteiger partial charge in [0.05, 0.1) is 0 Å². The number of nitrogens with one attached hydrogen (secondary N) is 2. The highest BCUT2D eigenvalue weighted by Gasteiger charge is 2.34. The zero-order chi connectivity index (χ0) is 19.3. The molecule has 0 aliphatic carbocycles. The molecule has 0 aromatic heterocycles. The Morgan fingerprint density at radius 2 is 1.16 bits per heavy atom. The molecule has 0 aliphatic heterocycles. The zero-order valence-corrected chi connectivity index (χ0v) is 16.3. The fourth-order valence-electron chi connectivity index (χ4n) is 3.30. The van der Waals surface area contributed by atoms with Crippen LogP contribution in [-0.2, 0) is 9.59 Å². The third-order valence-corrected chi connectivity index (χ3v) is 5.09. The number of hydrogen-bond donors (Lipinski definition) is 2. The molecule has 0 rings (SSSR count). The minimum atomic E-state index is -0.0903. The molecular formula is C21H36N2O2. The number of rotatable bonds is 14. The standard InChI is InChI=1S/C21H36N2O2/c1-7-11-20(10-4,16-22-18(5)24)14-15-21(12-8-2,13-9-3)17-23-19(6)25/h7-9H,1-3,10-17H2,4-6H3,(H,22,24)(H,23,25). The summed E-state index contributed by atoms with van der Waals surface area (Å²) in [6, 6.07) is 0. The monoisotopic (exact) mass is 348 g/mol. The van der Waals surface area contributed by atoms with Crippen molar-refractivity contribution in [2.24, 2.45) is 10.8 Å². The Labute approximate surface area is 153 Å². The van der Waals surface area contributed by atoms with Crippen LogP contribution in [0.2, 0.25) is 0 Å². The fourth-order valence-corrected chi connectivity index (χ4v) is 3.30. The van der Waals surface area contributed by atoms with Crippen LogP contribution in [0.1, 0.15) is 59.3 Å². The van der Waals surface area contributed by atoms with Gasteiger partial charge in [-0.25, -0.2) is 0 Å². The average Bonchev–Trinajstić information content (AvgIpc) is 2.56. The van der Waals surface area contributed by atoms with Gasteiger partial charge in [0, 0.05) is 26.9 Å². The second-order valence-electron chi connectivity index (χ2n) is 7.15. The van der Waals surface area contributed by atoms with E-state index >= 15 is 0 Å². The van der Waals surface area contributed by atoms with Crippen molar-refractivity contribution < 1.29 is 9.59 Å². The molecule has 0 fully saturated rings.